The van der Waals surface area contributed by atoms with Crippen LogP contribution in [-0.4, -0.2) is 17.2 Å². The molecule has 4 heteroatoms. The minimum absolute atomic E-state index is 0.415. The zero-order valence-electron chi connectivity index (χ0n) is 8.11. The summed E-state index contributed by atoms with van der Waals surface area (Å²) < 4.78 is 5.47. The van der Waals surface area contributed by atoms with Crippen molar-refractivity contribution in [3.8, 4) is 0 Å². The van der Waals surface area contributed by atoms with Gasteiger partial charge >= 0.3 is 7.12 Å². The molecule has 3 nitrogen and oxygen atoms in total. The van der Waals surface area contributed by atoms with Crippen molar-refractivity contribution < 1.29 is 14.5 Å². The third-order valence-corrected chi connectivity index (χ3v) is 2.51. The molecular weight excluding hydrogens is 179 g/mol. The third-order valence-electron chi connectivity index (χ3n) is 2.51. The van der Waals surface area contributed by atoms with Gasteiger partial charge in [0.05, 0.1) is 0 Å². The molecule has 0 unspecified atom stereocenters. The number of hydrogen-bond donors (Lipinski definition) is 2. The molecule has 0 atom stereocenters. The van der Waals surface area contributed by atoms with E-state index in [0.29, 0.717) is 11.0 Å². The standard InChI is InChI=1S/C10H11BO3/c1-6-7(2)14-10-8(6)4-3-5-9(10)11(12)13/h3-5,12-13H,1-2H3. The molecule has 0 bridgehead atoms. The molecule has 1 aromatic carbocycles. The fourth-order valence-electron chi connectivity index (χ4n) is 1.59. The lowest BCUT2D eigenvalue weighted by Crippen LogP contribution is -2.29. The molecule has 2 rings (SSSR count). The zero-order valence-corrected chi connectivity index (χ0v) is 8.11. The van der Waals surface area contributed by atoms with Crippen LogP contribution >= 0.6 is 0 Å². The van der Waals surface area contributed by atoms with Crippen LogP contribution in [0.1, 0.15) is 11.3 Å². The minimum Gasteiger partial charge on any atom is -0.461 e. The summed E-state index contributed by atoms with van der Waals surface area (Å²) in [5.41, 5.74) is 2.03. The van der Waals surface area contributed by atoms with Crippen LogP contribution in [-0.2, 0) is 0 Å². The first-order valence-corrected chi connectivity index (χ1v) is 4.46. The first-order valence-electron chi connectivity index (χ1n) is 4.46. The van der Waals surface area contributed by atoms with Crippen molar-refractivity contribution in [2.75, 3.05) is 0 Å². The van der Waals surface area contributed by atoms with Crippen molar-refractivity contribution in [2.24, 2.45) is 0 Å². The molecule has 0 aliphatic heterocycles. The number of rotatable bonds is 1. The van der Waals surface area contributed by atoms with Gasteiger partial charge in [0, 0.05) is 10.8 Å². The van der Waals surface area contributed by atoms with Gasteiger partial charge in [0.25, 0.3) is 0 Å². The van der Waals surface area contributed by atoms with E-state index < -0.39 is 7.12 Å². The van der Waals surface area contributed by atoms with Gasteiger partial charge in [0.2, 0.25) is 0 Å². The van der Waals surface area contributed by atoms with E-state index in [9.17, 15) is 0 Å². The van der Waals surface area contributed by atoms with Gasteiger partial charge < -0.3 is 14.5 Å². The number of furan rings is 1. The van der Waals surface area contributed by atoms with Crippen LogP contribution in [0.3, 0.4) is 0 Å². The Balaban J connectivity index is 2.81. The summed E-state index contributed by atoms with van der Waals surface area (Å²) in [6.07, 6.45) is 0. The fourth-order valence-corrected chi connectivity index (χ4v) is 1.59. The monoisotopic (exact) mass is 190 g/mol. The predicted octanol–water partition coefficient (Wildman–Crippen LogP) is 0.729. The molecule has 2 N–H and O–H groups in total. The maximum atomic E-state index is 9.12. The van der Waals surface area contributed by atoms with Crippen molar-refractivity contribution in [1.29, 1.82) is 0 Å². The smallest absolute Gasteiger partial charge is 0.461 e. The Bertz CT molecular complexity index is 473. The molecule has 2 aromatic rings. The van der Waals surface area contributed by atoms with E-state index in [1.807, 2.05) is 19.9 Å². The van der Waals surface area contributed by atoms with Crippen LogP contribution < -0.4 is 5.46 Å². The second kappa shape index (κ2) is 3.15. The first-order chi connectivity index (χ1) is 6.61. The summed E-state index contributed by atoms with van der Waals surface area (Å²) in [7, 11) is -1.48. The molecule has 0 radical (unpaired) electrons. The van der Waals surface area contributed by atoms with Gasteiger partial charge in [-0.25, -0.2) is 0 Å². The van der Waals surface area contributed by atoms with Crippen molar-refractivity contribution in [1.82, 2.24) is 0 Å². The summed E-state index contributed by atoms with van der Waals surface area (Å²) in [6, 6.07) is 5.35. The zero-order chi connectivity index (χ0) is 10.3. The SMILES string of the molecule is Cc1oc2c(B(O)O)cccc2c1C. The highest BCUT2D eigenvalue weighted by Gasteiger charge is 2.18. The molecule has 0 saturated carbocycles. The largest absolute Gasteiger partial charge is 0.492 e. The minimum atomic E-state index is -1.48. The Hall–Kier alpha value is -1.26. The lowest BCUT2D eigenvalue weighted by molar-refractivity contribution is 0.425. The maximum absolute atomic E-state index is 9.12. The molecule has 72 valence electrons. The molecule has 14 heavy (non-hydrogen) atoms. The summed E-state index contributed by atoms with van der Waals surface area (Å²) in [6.45, 7) is 3.82. The second-order valence-electron chi connectivity index (χ2n) is 3.38. The molecule has 0 aliphatic rings. The number of benzene rings is 1. The summed E-state index contributed by atoms with van der Waals surface area (Å²) in [5, 5.41) is 19.2. The van der Waals surface area contributed by atoms with E-state index >= 15 is 0 Å². The van der Waals surface area contributed by atoms with E-state index in [1.165, 1.54) is 0 Å². The van der Waals surface area contributed by atoms with Gasteiger partial charge in [0.1, 0.15) is 11.3 Å². The van der Waals surface area contributed by atoms with Crippen molar-refractivity contribution in [3.63, 3.8) is 0 Å². The van der Waals surface area contributed by atoms with Gasteiger partial charge in [-0.05, 0) is 19.4 Å². The van der Waals surface area contributed by atoms with Gasteiger partial charge in [-0.3, -0.25) is 0 Å². The molecule has 0 saturated heterocycles. The third kappa shape index (κ3) is 1.23. The molecule has 0 spiro atoms. The number of para-hydroxylation sites is 1. The van der Waals surface area contributed by atoms with E-state index in [1.54, 1.807) is 12.1 Å². The Labute approximate surface area is 82.1 Å². The quantitative estimate of drug-likeness (QED) is 0.651. The number of fused-ring (bicyclic) bond motifs is 1. The van der Waals surface area contributed by atoms with Gasteiger partial charge in [-0.2, -0.15) is 0 Å². The van der Waals surface area contributed by atoms with Gasteiger partial charge in [-0.1, -0.05) is 18.2 Å². The lowest BCUT2D eigenvalue weighted by atomic mass is 9.79. The van der Waals surface area contributed by atoms with Crippen LogP contribution in [0.5, 0.6) is 0 Å². The Morgan fingerprint density at radius 3 is 2.57 bits per heavy atom. The van der Waals surface area contributed by atoms with Crippen LogP contribution in [0.4, 0.5) is 0 Å². The average molecular weight is 190 g/mol. The molecular formula is C10H11BO3. The van der Waals surface area contributed by atoms with Crippen LogP contribution in [0.15, 0.2) is 22.6 Å². The molecule has 0 amide bonds. The predicted molar refractivity (Wildman–Crippen MR) is 55.5 cm³/mol. The number of hydrogen-bond acceptors (Lipinski definition) is 3. The summed E-state index contributed by atoms with van der Waals surface area (Å²) in [4.78, 5) is 0. The highest BCUT2D eigenvalue weighted by molar-refractivity contribution is 6.61. The summed E-state index contributed by atoms with van der Waals surface area (Å²) >= 11 is 0. The van der Waals surface area contributed by atoms with Crippen molar-refractivity contribution in [3.05, 3.63) is 29.5 Å². The maximum Gasteiger partial charge on any atom is 0.492 e. The topological polar surface area (TPSA) is 53.6 Å². The van der Waals surface area contributed by atoms with E-state index in [4.69, 9.17) is 14.5 Å². The van der Waals surface area contributed by atoms with Crippen LogP contribution in [0.2, 0.25) is 0 Å². The second-order valence-corrected chi connectivity index (χ2v) is 3.38. The Morgan fingerprint density at radius 2 is 1.93 bits per heavy atom. The Morgan fingerprint density at radius 1 is 1.21 bits per heavy atom. The van der Waals surface area contributed by atoms with E-state index in [2.05, 4.69) is 0 Å². The van der Waals surface area contributed by atoms with E-state index in [-0.39, 0.29) is 0 Å². The van der Waals surface area contributed by atoms with Gasteiger partial charge in [0.15, 0.2) is 0 Å². The van der Waals surface area contributed by atoms with E-state index in [0.717, 1.165) is 16.7 Å². The molecule has 1 heterocycles. The van der Waals surface area contributed by atoms with Gasteiger partial charge in [-0.15, -0.1) is 0 Å². The molecule has 0 aliphatic carbocycles. The van der Waals surface area contributed by atoms with Crippen LogP contribution in [0.25, 0.3) is 11.0 Å². The summed E-state index contributed by atoms with van der Waals surface area (Å²) in [5.74, 6) is 0.813. The average Bonchev–Trinajstić information content (AvgIpc) is 2.43. The van der Waals surface area contributed by atoms with Crippen LogP contribution in [0, 0.1) is 13.8 Å². The Kier molecular flexibility index (Phi) is 2.09. The molecule has 1 aromatic heterocycles. The highest BCUT2D eigenvalue weighted by atomic mass is 16.4. The normalized spacial score (nSPS) is 10.9. The fraction of sp³-hybridized carbons (Fsp3) is 0.200. The first kappa shape index (κ1) is 9.31. The molecule has 0 fully saturated rings. The number of aryl methyl sites for hydroxylation is 2. The highest BCUT2D eigenvalue weighted by Crippen LogP contribution is 2.22. The lowest BCUT2D eigenvalue weighted by Gasteiger charge is -1.99. The van der Waals surface area contributed by atoms with Crippen molar-refractivity contribution >= 4 is 23.6 Å². The van der Waals surface area contributed by atoms with Crippen molar-refractivity contribution in [2.45, 2.75) is 13.8 Å².